The Kier molecular flexibility index (Phi) is 2.01. The van der Waals surface area contributed by atoms with Gasteiger partial charge in [0.2, 0.25) is 0 Å². The lowest BCUT2D eigenvalue weighted by molar-refractivity contribution is 0.0572. The molecule has 0 heterocycles. The average Bonchev–Trinajstić information content (AvgIpc) is 2.89. The highest BCUT2D eigenvalue weighted by Crippen LogP contribution is 2.63. The fourth-order valence-electron chi connectivity index (χ4n) is 4.88. The van der Waals surface area contributed by atoms with Crippen LogP contribution in [0.2, 0.25) is 0 Å². The Morgan fingerprint density at radius 1 is 1.16 bits per heavy atom. The van der Waals surface area contributed by atoms with Crippen LogP contribution < -0.4 is 0 Å². The first-order valence-corrected chi connectivity index (χ1v) is 7.20. The molecular weight excluding hydrogens is 236 g/mol. The maximum Gasteiger partial charge on any atom is 0.167 e. The van der Waals surface area contributed by atoms with Crippen molar-refractivity contribution in [3.05, 3.63) is 34.9 Å². The molecule has 0 aromatic heterocycles. The minimum absolute atomic E-state index is 0.0273. The van der Waals surface area contributed by atoms with Crippen LogP contribution in [0.5, 0.6) is 0 Å². The molecule has 0 aliphatic heterocycles. The molecule has 2 nitrogen and oxygen atoms in total. The summed E-state index contributed by atoms with van der Waals surface area (Å²) in [5.74, 6) is 0.829. The molecule has 1 aromatic carbocycles. The normalized spacial score (nSPS) is 39.4. The summed E-state index contributed by atoms with van der Waals surface area (Å²) in [5.41, 5.74) is 2.49. The van der Waals surface area contributed by atoms with Gasteiger partial charge in [-0.1, -0.05) is 24.6 Å². The molecule has 0 spiro atoms. The molecule has 0 amide bonds. The predicted octanol–water partition coefficient (Wildman–Crippen LogP) is 3.43. The van der Waals surface area contributed by atoms with Crippen molar-refractivity contribution in [2.75, 3.05) is 0 Å². The van der Waals surface area contributed by atoms with Gasteiger partial charge in [0, 0.05) is 23.0 Å². The van der Waals surface area contributed by atoms with E-state index in [2.05, 4.69) is 6.92 Å². The molecule has 19 heavy (non-hydrogen) atoms. The van der Waals surface area contributed by atoms with E-state index in [1.54, 1.807) is 0 Å². The number of carbonyl (C=O) groups is 2. The van der Waals surface area contributed by atoms with E-state index in [-0.39, 0.29) is 28.8 Å². The fourth-order valence-corrected chi connectivity index (χ4v) is 4.88. The Morgan fingerprint density at radius 2 is 1.95 bits per heavy atom. The monoisotopic (exact) mass is 254 g/mol. The maximum absolute atomic E-state index is 12.8. The summed E-state index contributed by atoms with van der Waals surface area (Å²) in [5, 5.41) is 0. The lowest BCUT2D eigenvalue weighted by atomic mass is 9.62. The summed E-state index contributed by atoms with van der Waals surface area (Å²) in [6.07, 6.45) is 3.30. The van der Waals surface area contributed by atoms with Crippen molar-refractivity contribution >= 4 is 11.6 Å². The van der Waals surface area contributed by atoms with Gasteiger partial charge in [-0.3, -0.25) is 9.59 Å². The molecule has 1 aromatic rings. The highest BCUT2D eigenvalue weighted by Gasteiger charge is 2.62. The van der Waals surface area contributed by atoms with Crippen LogP contribution in [0.25, 0.3) is 0 Å². The molecular formula is C17H18O2. The molecule has 2 bridgehead atoms. The van der Waals surface area contributed by atoms with Crippen LogP contribution >= 0.6 is 0 Å². The van der Waals surface area contributed by atoms with Gasteiger partial charge in [-0.15, -0.1) is 0 Å². The minimum Gasteiger partial charge on any atom is -0.294 e. The van der Waals surface area contributed by atoms with Gasteiger partial charge in [-0.2, -0.15) is 0 Å². The second-order valence-corrected chi connectivity index (χ2v) is 6.94. The highest BCUT2D eigenvalue weighted by atomic mass is 16.1. The molecule has 3 aliphatic rings. The van der Waals surface area contributed by atoms with Gasteiger partial charge in [0.15, 0.2) is 11.6 Å². The third-order valence-electron chi connectivity index (χ3n) is 5.72. The van der Waals surface area contributed by atoms with Crippen LogP contribution in [0.1, 0.15) is 52.5 Å². The van der Waals surface area contributed by atoms with Gasteiger partial charge in [0.25, 0.3) is 0 Å². The second-order valence-electron chi connectivity index (χ2n) is 6.94. The molecule has 4 atom stereocenters. The first-order chi connectivity index (χ1) is 9.01. The van der Waals surface area contributed by atoms with Crippen molar-refractivity contribution in [3.63, 3.8) is 0 Å². The third kappa shape index (κ3) is 1.27. The van der Waals surface area contributed by atoms with E-state index in [4.69, 9.17) is 0 Å². The first kappa shape index (κ1) is 11.4. The summed E-state index contributed by atoms with van der Waals surface area (Å²) in [7, 11) is 0. The number of hydrogen-bond donors (Lipinski definition) is 0. The molecule has 98 valence electrons. The summed E-state index contributed by atoms with van der Waals surface area (Å²) in [4.78, 5) is 25.6. The molecule has 0 N–H and O–H groups in total. The van der Waals surface area contributed by atoms with E-state index < -0.39 is 0 Å². The van der Waals surface area contributed by atoms with E-state index in [1.165, 1.54) is 0 Å². The van der Waals surface area contributed by atoms with Crippen LogP contribution in [0.15, 0.2) is 18.2 Å². The van der Waals surface area contributed by atoms with Crippen molar-refractivity contribution in [3.8, 4) is 0 Å². The van der Waals surface area contributed by atoms with Crippen molar-refractivity contribution in [1.82, 2.24) is 0 Å². The van der Waals surface area contributed by atoms with Gasteiger partial charge in [0.1, 0.15) is 0 Å². The van der Waals surface area contributed by atoms with Crippen LogP contribution in [0.4, 0.5) is 0 Å². The zero-order valence-electron chi connectivity index (χ0n) is 11.4. The van der Waals surface area contributed by atoms with Crippen molar-refractivity contribution in [2.24, 2.45) is 23.2 Å². The Morgan fingerprint density at radius 3 is 2.74 bits per heavy atom. The average molecular weight is 254 g/mol. The molecule has 4 unspecified atom stereocenters. The first-order valence-electron chi connectivity index (χ1n) is 7.20. The molecule has 2 saturated carbocycles. The third-order valence-corrected chi connectivity index (χ3v) is 5.72. The van der Waals surface area contributed by atoms with Crippen LogP contribution in [-0.2, 0) is 0 Å². The fraction of sp³-hybridized carbons (Fsp3) is 0.529. The molecule has 0 saturated heterocycles. The lowest BCUT2D eigenvalue weighted by Gasteiger charge is -2.38. The second kappa shape index (κ2) is 3.36. The smallest absolute Gasteiger partial charge is 0.167 e. The Hall–Kier alpha value is -1.44. The van der Waals surface area contributed by atoms with E-state index in [9.17, 15) is 9.59 Å². The topological polar surface area (TPSA) is 34.1 Å². The summed E-state index contributed by atoms with van der Waals surface area (Å²) < 4.78 is 0. The zero-order valence-corrected chi connectivity index (χ0v) is 11.4. The summed E-state index contributed by atoms with van der Waals surface area (Å²) in [6.45, 7) is 4.19. The van der Waals surface area contributed by atoms with Gasteiger partial charge in [0.05, 0.1) is 0 Å². The van der Waals surface area contributed by atoms with E-state index >= 15 is 0 Å². The number of fused-ring (bicyclic) bond motifs is 6. The maximum atomic E-state index is 12.8. The Bertz CT molecular complexity index is 616. The van der Waals surface area contributed by atoms with Gasteiger partial charge in [-0.05, 0) is 43.6 Å². The van der Waals surface area contributed by atoms with Crippen molar-refractivity contribution in [2.45, 2.75) is 33.1 Å². The van der Waals surface area contributed by atoms with Crippen molar-refractivity contribution in [1.29, 1.82) is 0 Å². The lowest BCUT2D eigenvalue weighted by Crippen LogP contribution is -2.43. The van der Waals surface area contributed by atoms with E-state index in [1.807, 2.05) is 25.1 Å². The van der Waals surface area contributed by atoms with Crippen molar-refractivity contribution < 1.29 is 9.59 Å². The van der Waals surface area contributed by atoms with Gasteiger partial charge < -0.3 is 0 Å². The zero-order chi connectivity index (χ0) is 13.4. The predicted molar refractivity (Wildman–Crippen MR) is 72.3 cm³/mol. The molecule has 2 heteroatoms. The molecule has 4 rings (SSSR count). The Labute approximate surface area is 113 Å². The molecule has 2 fully saturated rings. The summed E-state index contributed by atoms with van der Waals surface area (Å²) >= 11 is 0. The largest absolute Gasteiger partial charge is 0.294 e. The molecule has 3 aliphatic carbocycles. The summed E-state index contributed by atoms with van der Waals surface area (Å²) in [6, 6.07) is 5.70. The minimum atomic E-state index is -0.0473. The van der Waals surface area contributed by atoms with Gasteiger partial charge >= 0.3 is 0 Å². The van der Waals surface area contributed by atoms with E-state index in [0.29, 0.717) is 17.0 Å². The SMILES string of the molecule is Cc1ccc2c(c1)C(=O)C1C3CCC(C)(C3)C1C2=O. The highest BCUT2D eigenvalue weighted by molar-refractivity contribution is 6.16. The quantitative estimate of drug-likeness (QED) is 0.711. The number of carbonyl (C=O) groups excluding carboxylic acids is 2. The number of rotatable bonds is 0. The van der Waals surface area contributed by atoms with Crippen LogP contribution in [0, 0.1) is 30.1 Å². The van der Waals surface area contributed by atoms with E-state index in [0.717, 1.165) is 24.8 Å². The number of ketones is 2. The number of benzene rings is 1. The Balaban J connectivity index is 1.93. The number of hydrogen-bond acceptors (Lipinski definition) is 2. The number of aryl methyl sites for hydroxylation is 1. The van der Waals surface area contributed by atoms with Gasteiger partial charge in [-0.25, -0.2) is 0 Å². The number of Topliss-reactive ketones (excluding diaryl/α,β-unsaturated/α-hetero) is 2. The standard InChI is InChI=1S/C17H18O2/c1-9-3-4-11-12(7-9)15(18)13-10-5-6-17(2,8-10)14(13)16(11)19/h3-4,7,10,13-14H,5-6,8H2,1-2H3. The van der Waals surface area contributed by atoms with Crippen LogP contribution in [-0.4, -0.2) is 11.6 Å². The van der Waals surface area contributed by atoms with Crippen LogP contribution in [0.3, 0.4) is 0 Å². The molecule has 0 radical (unpaired) electrons.